The Hall–Kier alpha value is -1.35. The SMILES string of the molecule is CC(N)/C=N/OCc1ccccc1. The van der Waals surface area contributed by atoms with Gasteiger partial charge in [-0.25, -0.2) is 0 Å². The van der Waals surface area contributed by atoms with E-state index in [0.29, 0.717) is 6.61 Å². The monoisotopic (exact) mass is 178 g/mol. The van der Waals surface area contributed by atoms with Crippen LogP contribution < -0.4 is 5.73 Å². The molecular weight excluding hydrogens is 164 g/mol. The van der Waals surface area contributed by atoms with Gasteiger partial charge < -0.3 is 10.6 Å². The fraction of sp³-hybridized carbons (Fsp3) is 0.300. The Balaban J connectivity index is 2.28. The summed E-state index contributed by atoms with van der Waals surface area (Å²) in [5, 5.41) is 3.72. The predicted molar refractivity (Wildman–Crippen MR) is 53.4 cm³/mol. The van der Waals surface area contributed by atoms with Crippen molar-refractivity contribution < 1.29 is 4.84 Å². The second-order valence-corrected chi connectivity index (χ2v) is 2.87. The standard InChI is InChI=1S/C10H14N2O/c1-9(11)7-12-13-8-10-5-3-2-4-6-10/h2-7,9H,8,11H2,1H3/b12-7+. The maximum atomic E-state index is 5.44. The first-order valence-corrected chi connectivity index (χ1v) is 4.24. The molecule has 0 aromatic heterocycles. The largest absolute Gasteiger partial charge is 0.391 e. The van der Waals surface area contributed by atoms with Gasteiger partial charge in [-0.3, -0.25) is 0 Å². The van der Waals surface area contributed by atoms with E-state index in [2.05, 4.69) is 5.16 Å². The van der Waals surface area contributed by atoms with E-state index in [1.165, 1.54) is 0 Å². The van der Waals surface area contributed by atoms with Crippen molar-refractivity contribution in [1.29, 1.82) is 0 Å². The highest BCUT2D eigenvalue weighted by atomic mass is 16.6. The van der Waals surface area contributed by atoms with Crippen LogP contribution in [-0.2, 0) is 11.4 Å². The molecule has 0 aliphatic carbocycles. The quantitative estimate of drug-likeness (QED) is 0.561. The number of nitrogens with two attached hydrogens (primary N) is 1. The van der Waals surface area contributed by atoms with Crippen LogP contribution in [0.25, 0.3) is 0 Å². The molecule has 0 bridgehead atoms. The summed E-state index contributed by atoms with van der Waals surface area (Å²) in [6.07, 6.45) is 1.57. The van der Waals surface area contributed by atoms with Crippen LogP contribution in [0.2, 0.25) is 0 Å². The zero-order chi connectivity index (χ0) is 9.52. The first kappa shape index (κ1) is 9.74. The van der Waals surface area contributed by atoms with E-state index < -0.39 is 0 Å². The van der Waals surface area contributed by atoms with Gasteiger partial charge in [-0.2, -0.15) is 0 Å². The molecule has 0 fully saturated rings. The van der Waals surface area contributed by atoms with Crippen LogP contribution in [0, 0.1) is 0 Å². The highest BCUT2D eigenvalue weighted by Gasteiger charge is 1.89. The zero-order valence-electron chi connectivity index (χ0n) is 7.68. The number of hydrogen-bond donors (Lipinski definition) is 1. The van der Waals surface area contributed by atoms with Gasteiger partial charge in [-0.15, -0.1) is 0 Å². The Kier molecular flexibility index (Phi) is 3.99. The molecule has 0 heterocycles. The Labute approximate surface area is 78.2 Å². The van der Waals surface area contributed by atoms with Gasteiger partial charge in [0.25, 0.3) is 0 Å². The maximum absolute atomic E-state index is 5.44. The Morgan fingerprint density at radius 3 is 2.77 bits per heavy atom. The van der Waals surface area contributed by atoms with Gasteiger partial charge in [0.05, 0.1) is 6.21 Å². The van der Waals surface area contributed by atoms with Crippen LogP contribution >= 0.6 is 0 Å². The van der Waals surface area contributed by atoms with E-state index >= 15 is 0 Å². The van der Waals surface area contributed by atoms with Crippen LogP contribution in [0.3, 0.4) is 0 Å². The molecule has 0 radical (unpaired) electrons. The molecule has 0 aliphatic heterocycles. The van der Waals surface area contributed by atoms with Gasteiger partial charge in [0, 0.05) is 6.04 Å². The van der Waals surface area contributed by atoms with Crippen LogP contribution in [0.15, 0.2) is 35.5 Å². The summed E-state index contributed by atoms with van der Waals surface area (Å²) in [6, 6.07) is 9.81. The number of hydrogen-bond acceptors (Lipinski definition) is 3. The normalized spacial score (nSPS) is 13.1. The summed E-state index contributed by atoms with van der Waals surface area (Å²) in [5.41, 5.74) is 6.54. The molecule has 1 unspecified atom stereocenters. The van der Waals surface area contributed by atoms with Gasteiger partial charge in [-0.1, -0.05) is 35.5 Å². The zero-order valence-corrected chi connectivity index (χ0v) is 7.68. The van der Waals surface area contributed by atoms with Crippen molar-refractivity contribution in [1.82, 2.24) is 0 Å². The molecule has 1 atom stereocenters. The van der Waals surface area contributed by atoms with Crippen LogP contribution in [-0.4, -0.2) is 12.3 Å². The molecule has 1 aromatic carbocycles. The molecule has 0 amide bonds. The minimum atomic E-state index is -0.0595. The van der Waals surface area contributed by atoms with Crippen molar-refractivity contribution in [3.63, 3.8) is 0 Å². The van der Waals surface area contributed by atoms with Crippen molar-refractivity contribution in [3.8, 4) is 0 Å². The highest BCUT2D eigenvalue weighted by Crippen LogP contribution is 1.99. The number of rotatable bonds is 4. The van der Waals surface area contributed by atoms with Gasteiger partial charge >= 0.3 is 0 Å². The highest BCUT2D eigenvalue weighted by molar-refractivity contribution is 5.62. The maximum Gasteiger partial charge on any atom is 0.142 e. The van der Waals surface area contributed by atoms with Gasteiger partial charge in [0.1, 0.15) is 6.61 Å². The van der Waals surface area contributed by atoms with Crippen molar-refractivity contribution in [2.45, 2.75) is 19.6 Å². The number of benzene rings is 1. The lowest BCUT2D eigenvalue weighted by Crippen LogP contribution is -2.15. The lowest BCUT2D eigenvalue weighted by Gasteiger charge is -1.99. The summed E-state index contributed by atoms with van der Waals surface area (Å²) in [6.45, 7) is 2.33. The van der Waals surface area contributed by atoms with Gasteiger partial charge in [0.2, 0.25) is 0 Å². The van der Waals surface area contributed by atoms with E-state index in [1.807, 2.05) is 37.3 Å². The fourth-order valence-electron chi connectivity index (χ4n) is 0.825. The summed E-state index contributed by atoms with van der Waals surface area (Å²) in [4.78, 5) is 5.02. The van der Waals surface area contributed by atoms with Crippen LogP contribution in [0.4, 0.5) is 0 Å². The molecule has 0 saturated heterocycles. The van der Waals surface area contributed by atoms with Crippen molar-refractivity contribution >= 4 is 6.21 Å². The number of oxime groups is 1. The van der Waals surface area contributed by atoms with Gasteiger partial charge in [0.15, 0.2) is 0 Å². The third-order valence-electron chi connectivity index (χ3n) is 1.44. The number of nitrogens with zero attached hydrogens (tertiary/aromatic N) is 1. The van der Waals surface area contributed by atoms with E-state index in [4.69, 9.17) is 10.6 Å². The average Bonchev–Trinajstić information content (AvgIpc) is 2.14. The minimum absolute atomic E-state index is 0.0595. The van der Waals surface area contributed by atoms with Crippen molar-refractivity contribution in [2.24, 2.45) is 10.9 Å². The minimum Gasteiger partial charge on any atom is -0.391 e. The second kappa shape index (κ2) is 5.32. The molecule has 70 valence electrons. The molecule has 0 saturated carbocycles. The van der Waals surface area contributed by atoms with E-state index in [9.17, 15) is 0 Å². The Morgan fingerprint density at radius 2 is 2.15 bits per heavy atom. The first-order valence-electron chi connectivity index (χ1n) is 4.24. The molecular formula is C10H14N2O. The molecule has 2 N–H and O–H groups in total. The van der Waals surface area contributed by atoms with E-state index in [0.717, 1.165) is 5.56 Å². The van der Waals surface area contributed by atoms with Crippen molar-refractivity contribution in [2.75, 3.05) is 0 Å². The van der Waals surface area contributed by atoms with E-state index in [-0.39, 0.29) is 6.04 Å². The van der Waals surface area contributed by atoms with E-state index in [1.54, 1.807) is 6.21 Å². The Bertz CT molecular complexity index is 257. The second-order valence-electron chi connectivity index (χ2n) is 2.87. The summed E-state index contributed by atoms with van der Waals surface area (Å²) in [7, 11) is 0. The van der Waals surface area contributed by atoms with Crippen LogP contribution in [0.5, 0.6) is 0 Å². The van der Waals surface area contributed by atoms with Crippen LogP contribution in [0.1, 0.15) is 12.5 Å². The fourth-order valence-corrected chi connectivity index (χ4v) is 0.825. The first-order chi connectivity index (χ1) is 6.29. The molecule has 13 heavy (non-hydrogen) atoms. The molecule has 0 aliphatic rings. The molecule has 1 aromatic rings. The third-order valence-corrected chi connectivity index (χ3v) is 1.44. The molecule has 3 heteroatoms. The lowest BCUT2D eigenvalue weighted by molar-refractivity contribution is 0.131. The van der Waals surface area contributed by atoms with Crippen molar-refractivity contribution in [3.05, 3.63) is 35.9 Å². The average molecular weight is 178 g/mol. The molecule has 0 spiro atoms. The Morgan fingerprint density at radius 1 is 1.46 bits per heavy atom. The third kappa shape index (κ3) is 4.28. The predicted octanol–water partition coefficient (Wildman–Crippen LogP) is 1.54. The lowest BCUT2D eigenvalue weighted by atomic mass is 10.2. The molecule has 3 nitrogen and oxygen atoms in total. The van der Waals surface area contributed by atoms with Gasteiger partial charge in [-0.05, 0) is 12.5 Å². The molecule has 1 rings (SSSR count). The summed E-state index contributed by atoms with van der Waals surface area (Å²) in [5.74, 6) is 0. The summed E-state index contributed by atoms with van der Waals surface area (Å²) >= 11 is 0. The smallest absolute Gasteiger partial charge is 0.142 e. The summed E-state index contributed by atoms with van der Waals surface area (Å²) < 4.78 is 0. The topological polar surface area (TPSA) is 47.6 Å².